The average Bonchev–Trinajstić information content (AvgIpc) is 3.27. The standard InChI is InChI=1S/C22H19FN2O3S/c23-18-4-1-2-5-19(18)28-14-21(26)24-17-8-7-15-9-10-25(13-16(15)12-17)22(27)20-6-3-11-29-20/h1-8,11-12H,9-10,13-14H2,(H,24,26). The number of amides is 2. The van der Waals surface area contributed by atoms with E-state index in [4.69, 9.17) is 4.74 Å². The summed E-state index contributed by atoms with van der Waals surface area (Å²) in [7, 11) is 0. The number of para-hydroxylation sites is 1. The van der Waals surface area contributed by atoms with Crippen LogP contribution < -0.4 is 10.1 Å². The van der Waals surface area contributed by atoms with Gasteiger partial charge in [0.1, 0.15) is 0 Å². The molecule has 5 nitrogen and oxygen atoms in total. The van der Waals surface area contributed by atoms with Crippen LogP contribution in [0.2, 0.25) is 0 Å². The average molecular weight is 410 g/mol. The van der Waals surface area contributed by atoms with Crippen molar-refractivity contribution in [2.75, 3.05) is 18.5 Å². The molecule has 0 fully saturated rings. The number of carbonyl (C=O) groups excluding carboxylic acids is 2. The van der Waals surface area contributed by atoms with Crippen LogP contribution in [0, 0.1) is 5.82 Å². The normalized spacial score (nSPS) is 12.9. The Kier molecular flexibility index (Phi) is 5.57. The zero-order valence-electron chi connectivity index (χ0n) is 15.6. The van der Waals surface area contributed by atoms with Crippen molar-refractivity contribution >= 4 is 28.8 Å². The first-order valence-electron chi connectivity index (χ1n) is 9.22. The number of carbonyl (C=O) groups is 2. The van der Waals surface area contributed by atoms with Crippen LogP contribution in [0.15, 0.2) is 60.0 Å². The second kappa shape index (κ2) is 8.45. The minimum absolute atomic E-state index is 0.0263. The summed E-state index contributed by atoms with van der Waals surface area (Å²) >= 11 is 1.43. The topological polar surface area (TPSA) is 58.6 Å². The van der Waals surface area contributed by atoms with Crippen molar-refractivity contribution in [3.63, 3.8) is 0 Å². The Balaban J connectivity index is 1.39. The Hall–Kier alpha value is -3.19. The van der Waals surface area contributed by atoms with Gasteiger partial charge in [-0.1, -0.05) is 24.3 Å². The molecule has 0 spiro atoms. The van der Waals surface area contributed by atoms with Crippen molar-refractivity contribution in [1.29, 1.82) is 0 Å². The van der Waals surface area contributed by atoms with Crippen LogP contribution in [-0.4, -0.2) is 29.9 Å². The van der Waals surface area contributed by atoms with Crippen LogP contribution >= 0.6 is 11.3 Å². The lowest BCUT2D eigenvalue weighted by Gasteiger charge is -2.29. The zero-order valence-corrected chi connectivity index (χ0v) is 16.4. The van der Waals surface area contributed by atoms with Crippen LogP contribution in [0.4, 0.5) is 10.1 Å². The second-order valence-corrected chi connectivity index (χ2v) is 7.65. The molecule has 2 amide bonds. The van der Waals surface area contributed by atoms with Gasteiger partial charge in [0.2, 0.25) is 0 Å². The SMILES string of the molecule is O=C(COc1ccccc1F)Nc1ccc2c(c1)CN(C(=O)c1cccs1)CC2. The maximum absolute atomic E-state index is 13.6. The fourth-order valence-electron chi connectivity index (χ4n) is 3.27. The van der Waals surface area contributed by atoms with E-state index in [0.717, 1.165) is 16.9 Å². The summed E-state index contributed by atoms with van der Waals surface area (Å²) in [6.45, 7) is 0.883. The maximum Gasteiger partial charge on any atom is 0.264 e. The van der Waals surface area contributed by atoms with Gasteiger partial charge in [0.15, 0.2) is 18.2 Å². The number of rotatable bonds is 5. The van der Waals surface area contributed by atoms with Gasteiger partial charge in [-0.05, 0) is 53.3 Å². The Labute approximate surface area is 171 Å². The number of nitrogens with one attached hydrogen (secondary N) is 1. The van der Waals surface area contributed by atoms with Crippen LogP contribution in [0.1, 0.15) is 20.8 Å². The van der Waals surface area contributed by atoms with Gasteiger partial charge < -0.3 is 15.0 Å². The number of nitrogens with zero attached hydrogens (tertiary/aromatic N) is 1. The van der Waals surface area contributed by atoms with Crippen molar-refractivity contribution in [2.45, 2.75) is 13.0 Å². The molecule has 0 bridgehead atoms. The molecule has 2 heterocycles. The maximum atomic E-state index is 13.6. The summed E-state index contributed by atoms with van der Waals surface area (Å²) in [5, 5.41) is 4.66. The quantitative estimate of drug-likeness (QED) is 0.689. The molecule has 0 atom stereocenters. The van der Waals surface area contributed by atoms with Crippen molar-refractivity contribution in [3.8, 4) is 5.75 Å². The Morgan fingerprint density at radius 1 is 1.10 bits per heavy atom. The highest BCUT2D eigenvalue weighted by Gasteiger charge is 2.22. The van der Waals surface area contributed by atoms with Crippen LogP contribution in [0.25, 0.3) is 0 Å². The monoisotopic (exact) mass is 410 g/mol. The molecule has 0 saturated carbocycles. The Morgan fingerprint density at radius 3 is 2.76 bits per heavy atom. The molecule has 1 aliphatic rings. The molecule has 1 aliphatic heterocycles. The van der Waals surface area contributed by atoms with E-state index in [1.165, 1.54) is 29.0 Å². The van der Waals surface area contributed by atoms with Gasteiger partial charge >= 0.3 is 0 Å². The lowest BCUT2D eigenvalue weighted by molar-refractivity contribution is -0.118. The molecule has 29 heavy (non-hydrogen) atoms. The number of hydrogen-bond donors (Lipinski definition) is 1. The van der Waals surface area contributed by atoms with Crippen LogP contribution in [0.3, 0.4) is 0 Å². The molecule has 0 saturated heterocycles. The summed E-state index contributed by atoms with van der Waals surface area (Å²) in [4.78, 5) is 27.3. The summed E-state index contributed by atoms with van der Waals surface area (Å²) in [6, 6.07) is 15.3. The third-order valence-corrected chi connectivity index (χ3v) is 5.57. The summed E-state index contributed by atoms with van der Waals surface area (Å²) in [5.74, 6) is -0.825. The van der Waals surface area contributed by atoms with E-state index in [2.05, 4.69) is 5.32 Å². The third kappa shape index (κ3) is 4.46. The van der Waals surface area contributed by atoms with E-state index < -0.39 is 5.82 Å². The van der Waals surface area contributed by atoms with Gasteiger partial charge in [0, 0.05) is 18.8 Å². The smallest absolute Gasteiger partial charge is 0.264 e. The number of halogens is 1. The van der Waals surface area contributed by atoms with Crippen molar-refractivity contribution in [2.24, 2.45) is 0 Å². The molecule has 1 aromatic heterocycles. The highest BCUT2D eigenvalue weighted by Crippen LogP contribution is 2.25. The van der Waals surface area contributed by atoms with Crippen molar-refractivity contribution < 1.29 is 18.7 Å². The number of fused-ring (bicyclic) bond motifs is 1. The van der Waals surface area contributed by atoms with Gasteiger partial charge in [-0.2, -0.15) is 0 Å². The van der Waals surface area contributed by atoms with Gasteiger partial charge in [0.25, 0.3) is 11.8 Å². The molecule has 4 rings (SSSR count). The fraction of sp³-hybridized carbons (Fsp3) is 0.182. The summed E-state index contributed by atoms with van der Waals surface area (Å²) < 4.78 is 18.8. The van der Waals surface area contributed by atoms with Gasteiger partial charge in [0.05, 0.1) is 4.88 Å². The molecule has 0 unspecified atom stereocenters. The van der Waals surface area contributed by atoms with Gasteiger partial charge in [-0.15, -0.1) is 11.3 Å². The summed E-state index contributed by atoms with van der Waals surface area (Å²) in [6.07, 6.45) is 0.775. The molecule has 148 valence electrons. The minimum atomic E-state index is -0.510. The first-order chi connectivity index (χ1) is 14.1. The van der Waals surface area contributed by atoms with Crippen LogP contribution in [-0.2, 0) is 17.8 Å². The number of benzene rings is 2. The van der Waals surface area contributed by atoms with Gasteiger partial charge in [-0.3, -0.25) is 9.59 Å². The van der Waals surface area contributed by atoms with E-state index in [1.54, 1.807) is 12.1 Å². The number of ether oxygens (including phenoxy) is 1. The number of anilines is 1. The lowest BCUT2D eigenvalue weighted by atomic mass is 9.99. The predicted molar refractivity (Wildman–Crippen MR) is 110 cm³/mol. The van der Waals surface area contributed by atoms with E-state index >= 15 is 0 Å². The van der Waals surface area contributed by atoms with Crippen LogP contribution in [0.5, 0.6) is 5.75 Å². The van der Waals surface area contributed by atoms with E-state index in [1.807, 2.05) is 40.6 Å². The summed E-state index contributed by atoms with van der Waals surface area (Å²) in [5.41, 5.74) is 2.80. The molecule has 7 heteroatoms. The number of thiophene rings is 1. The highest BCUT2D eigenvalue weighted by molar-refractivity contribution is 7.12. The number of hydrogen-bond acceptors (Lipinski definition) is 4. The molecule has 2 aromatic carbocycles. The molecule has 3 aromatic rings. The predicted octanol–water partition coefficient (Wildman–Crippen LogP) is 4.10. The molecular formula is C22H19FN2O3S. The molecule has 1 N–H and O–H groups in total. The van der Waals surface area contributed by atoms with Crippen molar-refractivity contribution in [3.05, 3.63) is 81.8 Å². The van der Waals surface area contributed by atoms with E-state index in [9.17, 15) is 14.0 Å². The molecule has 0 aliphatic carbocycles. The zero-order chi connectivity index (χ0) is 20.2. The largest absolute Gasteiger partial charge is 0.481 e. The first kappa shape index (κ1) is 19.1. The Morgan fingerprint density at radius 2 is 1.97 bits per heavy atom. The fourth-order valence-corrected chi connectivity index (χ4v) is 3.96. The second-order valence-electron chi connectivity index (χ2n) is 6.70. The highest BCUT2D eigenvalue weighted by atomic mass is 32.1. The third-order valence-electron chi connectivity index (χ3n) is 4.72. The van der Waals surface area contributed by atoms with Gasteiger partial charge in [-0.25, -0.2) is 4.39 Å². The van der Waals surface area contributed by atoms with E-state index in [-0.39, 0.29) is 24.2 Å². The first-order valence-corrected chi connectivity index (χ1v) is 10.1. The van der Waals surface area contributed by atoms with Crippen molar-refractivity contribution in [1.82, 2.24) is 4.90 Å². The lowest BCUT2D eigenvalue weighted by Crippen LogP contribution is -2.35. The molecular weight excluding hydrogens is 391 g/mol. The minimum Gasteiger partial charge on any atom is -0.481 e. The van der Waals surface area contributed by atoms with E-state index in [0.29, 0.717) is 18.8 Å². The molecule has 0 radical (unpaired) electrons. The Bertz CT molecular complexity index is 1040.